The monoisotopic (exact) mass is 395 g/mol. The molecular formula is C22H25N3O2S. The minimum Gasteiger partial charge on any atom is -0.495 e. The van der Waals surface area contributed by atoms with Crippen molar-refractivity contribution in [3.63, 3.8) is 0 Å². The highest BCUT2D eigenvalue weighted by molar-refractivity contribution is 7.22. The van der Waals surface area contributed by atoms with Crippen molar-refractivity contribution in [2.45, 2.75) is 26.7 Å². The second-order valence-electron chi connectivity index (χ2n) is 7.45. The van der Waals surface area contributed by atoms with Crippen LogP contribution in [0.1, 0.15) is 24.0 Å². The van der Waals surface area contributed by atoms with Crippen LogP contribution >= 0.6 is 11.3 Å². The molecule has 1 fully saturated rings. The zero-order valence-electron chi connectivity index (χ0n) is 16.5. The highest BCUT2D eigenvalue weighted by Crippen LogP contribution is 2.33. The maximum absolute atomic E-state index is 12.9. The lowest BCUT2D eigenvalue weighted by Gasteiger charge is -2.31. The van der Waals surface area contributed by atoms with E-state index >= 15 is 0 Å². The van der Waals surface area contributed by atoms with Crippen molar-refractivity contribution in [1.82, 2.24) is 4.98 Å². The Balaban J connectivity index is 1.50. The molecule has 1 saturated heterocycles. The van der Waals surface area contributed by atoms with E-state index in [1.54, 1.807) is 18.4 Å². The van der Waals surface area contributed by atoms with Gasteiger partial charge in [0.2, 0.25) is 5.91 Å². The van der Waals surface area contributed by atoms with Crippen molar-refractivity contribution in [1.29, 1.82) is 0 Å². The van der Waals surface area contributed by atoms with E-state index in [1.165, 1.54) is 10.3 Å². The number of fused-ring (bicyclic) bond motifs is 1. The Bertz CT molecular complexity index is 1010. The average Bonchev–Trinajstić information content (AvgIpc) is 3.11. The molecule has 0 aliphatic carbocycles. The summed E-state index contributed by atoms with van der Waals surface area (Å²) in [7, 11) is 1.62. The Morgan fingerprint density at radius 1 is 1.21 bits per heavy atom. The second-order valence-corrected chi connectivity index (χ2v) is 8.45. The lowest BCUT2D eigenvalue weighted by molar-refractivity contribution is -0.120. The van der Waals surface area contributed by atoms with Gasteiger partial charge in [-0.3, -0.25) is 4.79 Å². The van der Waals surface area contributed by atoms with E-state index in [0.717, 1.165) is 41.3 Å². The third kappa shape index (κ3) is 3.83. The molecule has 4 rings (SSSR count). The summed E-state index contributed by atoms with van der Waals surface area (Å²) in [5.74, 6) is 0.673. The van der Waals surface area contributed by atoms with Gasteiger partial charge < -0.3 is 15.0 Å². The number of carbonyl (C=O) groups excluding carboxylic acids is 1. The Hall–Kier alpha value is -2.60. The molecule has 5 nitrogen and oxygen atoms in total. The van der Waals surface area contributed by atoms with Gasteiger partial charge in [0.1, 0.15) is 5.75 Å². The summed E-state index contributed by atoms with van der Waals surface area (Å²) in [6, 6.07) is 12.2. The number of nitrogens with zero attached hydrogens (tertiary/aromatic N) is 2. The number of nitrogens with one attached hydrogen (secondary N) is 1. The van der Waals surface area contributed by atoms with Crippen molar-refractivity contribution >= 4 is 38.3 Å². The SMILES string of the molecule is COc1ccc(C)cc1NC(=O)C1CCCN(c2nc3ccc(C)cc3s2)C1. The number of thiazole rings is 1. The van der Waals surface area contributed by atoms with Gasteiger partial charge in [-0.15, -0.1) is 0 Å². The minimum absolute atomic E-state index is 0.0468. The van der Waals surface area contributed by atoms with Crippen molar-refractivity contribution in [3.8, 4) is 5.75 Å². The molecule has 6 heteroatoms. The summed E-state index contributed by atoms with van der Waals surface area (Å²) in [6.45, 7) is 5.74. The molecule has 1 N–H and O–H groups in total. The number of aromatic nitrogens is 1. The average molecular weight is 396 g/mol. The second kappa shape index (κ2) is 7.80. The van der Waals surface area contributed by atoms with Gasteiger partial charge in [0.05, 0.1) is 28.9 Å². The van der Waals surface area contributed by atoms with Gasteiger partial charge in [0, 0.05) is 13.1 Å². The molecule has 28 heavy (non-hydrogen) atoms. The maximum atomic E-state index is 12.9. The molecular weight excluding hydrogens is 370 g/mol. The van der Waals surface area contributed by atoms with Crippen molar-refractivity contribution < 1.29 is 9.53 Å². The number of hydrogen-bond acceptors (Lipinski definition) is 5. The van der Waals surface area contributed by atoms with Crippen molar-refractivity contribution in [3.05, 3.63) is 47.5 Å². The summed E-state index contributed by atoms with van der Waals surface area (Å²) in [6.07, 6.45) is 1.87. The van der Waals surface area contributed by atoms with Crippen LogP contribution in [0.3, 0.4) is 0 Å². The fourth-order valence-electron chi connectivity index (χ4n) is 3.67. The molecule has 1 atom stereocenters. The van der Waals surface area contributed by atoms with Gasteiger partial charge in [-0.25, -0.2) is 4.98 Å². The molecule has 0 radical (unpaired) electrons. The summed E-state index contributed by atoms with van der Waals surface area (Å²) >= 11 is 1.71. The van der Waals surface area contributed by atoms with Crippen LogP contribution in [0.2, 0.25) is 0 Å². The first-order valence-electron chi connectivity index (χ1n) is 9.61. The number of ether oxygens (including phenoxy) is 1. The molecule has 2 heterocycles. The summed E-state index contributed by atoms with van der Waals surface area (Å²) < 4.78 is 6.59. The third-order valence-electron chi connectivity index (χ3n) is 5.21. The molecule has 0 spiro atoms. The van der Waals surface area contributed by atoms with Crippen LogP contribution in [0.4, 0.5) is 10.8 Å². The standard InChI is InChI=1S/C22H25N3O2S/c1-14-7-9-19(27-3)18(11-14)23-21(26)16-5-4-10-25(13-16)22-24-17-8-6-15(2)12-20(17)28-22/h6-9,11-12,16H,4-5,10,13H2,1-3H3,(H,23,26). The van der Waals surface area contributed by atoms with E-state index in [-0.39, 0.29) is 11.8 Å². The lowest BCUT2D eigenvalue weighted by Crippen LogP contribution is -2.40. The van der Waals surface area contributed by atoms with Crippen LogP contribution in [-0.4, -0.2) is 31.1 Å². The minimum atomic E-state index is -0.0623. The molecule has 146 valence electrons. The maximum Gasteiger partial charge on any atom is 0.229 e. The predicted molar refractivity (Wildman–Crippen MR) is 116 cm³/mol. The molecule has 1 unspecified atom stereocenters. The van der Waals surface area contributed by atoms with Gasteiger partial charge >= 0.3 is 0 Å². The van der Waals surface area contributed by atoms with E-state index in [4.69, 9.17) is 9.72 Å². The fourth-order valence-corrected chi connectivity index (χ4v) is 4.77. The van der Waals surface area contributed by atoms with E-state index < -0.39 is 0 Å². The predicted octanol–water partition coefficient (Wildman–Crippen LogP) is 4.78. The van der Waals surface area contributed by atoms with Gasteiger partial charge in [-0.1, -0.05) is 23.5 Å². The molecule has 1 aliphatic heterocycles. The number of amides is 1. The summed E-state index contributed by atoms with van der Waals surface area (Å²) in [5.41, 5.74) is 4.10. The van der Waals surface area contributed by atoms with Gasteiger partial charge in [-0.2, -0.15) is 0 Å². The molecule has 1 aliphatic rings. The summed E-state index contributed by atoms with van der Waals surface area (Å²) in [4.78, 5) is 20.0. The first-order chi connectivity index (χ1) is 13.5. The highest BCUT2D eigenvalue weighted by Gasteiger charge is 2.28. The van der Waals surface area contributed by atoms with Crippen molar-refractivity contribution in [2.75, 3.05) is 30.4 Å². The largest absolute Gasteiger partial charge is 0.495 e. The van der Waals surface area contributed by atoms with Crippen LogP contribution in [0, 0.1) is 19.8 Å². The number of piperidine rings is 1. The van der Waals surface area contributed by atoms with E-state index in [0.29, 0.717) is 12.3 Å². The highest BCUT2D eigenvalue weighted by atomic mass is 32.1. The van der Waals surface area contributed by atoms with Gasteiger partial charge in [0.25, 0.3) is 0 Å². The van der Waals surface area contributed by atoms with E-state index in [9.17, 15) is 4.79 Å². The number of rotatable bonds is 4. The topological polar surface area (TPSA) is 54.5 Å². The third-order valence-corrected chi connectivity index (χ3v) is 6.29. The van der Waals surface area contributed by atoms with Crippen LogP contribution in [0.25, 0.3) is 10.2 Å². The zero-order valence-corrected chi connectivity index (χ0v) is 17.3. The zero-order chi connectivity index (χ0) is 19.7. The molecule has 1 aromatic heterocycles. The van der Waals surface area contributed by atoms with Crippen LogP contribution in [-0.2, 0) is 4.79 Å². The first kappa shape index (κ1) is 18.7. The molecule has 0 bridgehead atoms. The first-order valence-corrected chi connectivity index (χ1v) is 10.4. The van der Waals surface area contributed by atoms with Gasteiger partial charge in [-0.05, 0) is 62.1 Å². The van der Waals surface area contributed by atoms with Crippen LogP contribution in [0.15, 0.2) is 36.4 Å². The Morgan fingerprint density at radius 3 is 2.82 bits per heavy atom. The number of benzene rings is 2. The molecule has 3 aromatic rings. The number of methoxy groups -OCH3 is 1. The quantitative estimate of drug-likeness (QED) is 0.691. The van der Waals surface area contributed by atoms with E-state index in [1.807, 2.05) is 25.1 Å². The van der Waals surface area contributed by atoms with Crippen LogP contribution < -0.4 is 15.0 Å². The number of aryl methyl sites for hydroxylation is 2. The number of carbonyl (C=O) groups is 1. The Kier molecular flexibility index (Phi) is 5.22. The van der Waals surface area contributed by atoms with Gasteiger partial charge in [0.15, 0.2) is 5.13 Å². The number of hydrogen-bond donors (Lipinski definition) is 1. The fraction of sp³-hybridized carbons (Fsp3) is 0.364. The molecule has 0 saturated carbocycles. The normalized spacial score (nSPS) is 17.0. The number of anilines is 2. The summed E-state index contributed by atoms with van der Waals surface area (Å²) in [5, 5.41) is 4.08. The molecule has 2 aromatic carbocycles. The Labute approximate surface area is 169 Å². The van der Waals surface area contributed by atoms with Crippen LogP contribution in [0.5, 0.6) is 5.75 Å². The lowest BCUT2D eigenvalue weighted by atomic mass is 9.97. The Morgan fingerprint density at radius 2 is 2.00 bits per heavy atom. The van der Waals surface area contributed by atoms with Crippen molar-refractivity contribution in [2.24, 2.45) is 5.92 Å². The smallest absolute Gasteiger partial charge is 0.229 e. The van der Waals surface area contributed by atoms with E-state index in [2.05, 4.69) is 35.3 Å². The molecule has 1 amide bonds.